The van der Waals surface area contributed by atoms with Gasteiger partial charge in [0.05, 0.1) is 0 Å². The monoisotopic (exact) mass is 279 g/mol. The summed E-state index contributed by atoms with van der Waals surface area (Å²) >= 11 is 1.63. The Labute approximate surface area is 116 Å². The summed E-state index contributed by atoms with van der Waals surface area (Å²) in [7, 11) is 0. The van der Waals surface area contributed by atoms with Crippen LogP contribution in [-0.2, 0) is 16.0 Å². The molecule has 2 N–H and O–H groups in total. The molecule has 1 aromatic heterocycles. The molecule has 0 unspecified atom stereocenters. The first-order valence-corrected chi connectivity index (χ1v) is 7.45. The van der Waals surface area contributed by atoms with Crippen LogP contribution in [0.4, 0.5) is 0 Å². The van der Waals surface area contributed by atoms with Gasteiger partial charge in [-0.15, -0.1) is 0 Å². The van der Waals surface area contributed by atoms with E-state index in [1.54, 1.807) is 24.2 Å². The summed E-state index contributed by atoms with van der Waals surface area (Å²) < 4.78 is 0. The minimum Gasteiger partial charge on any atom is -0.354 e. The summed E-state index contributed by atoms with van der Waals surface area (Å²) in [6, 6.07) is 3.45. The molecule has 0 spiro atoms. The van der Waals surface area contributed by atoms with Crippen molar-refractivity contribution in [2.45, 2.75) is 18.9 Å². The molecule has 1 aromatic rings. The number of hydrogen-bond donors (Lipinski definition) is 2. The van der Waals surface area contributed by atoms with Crippen molar-refractivity contribution in [1.29, 1.82) is 0 Å². The first kappa shape index (κ1) is 13.9. The Hall–Kier alpha value is -1.56. The van der Waals surface area contributed by atoms with E-state index in [0.29, 0.717) is 18.7 Å². The first-order valence-electron chi connectivity index (χ1n) is 6.29. The van der Waals surface area contributed by atoms with Crippen molar-refractivity contribution in [2.24, 2.45) is 0 Å². The number of nitrogens with one attached hydrogen (secondary N) is 2. The molecule has 6 heteroatoms. The molecule has 0 aliphatic carbocycles. The number of rotatable bonds is 4. The van der Waals surface area contributed by atoms with E-state index < -0.39 is 6.04 Å². The van der Waals surface area contributed by atoms with Crippen LogP contribution in [0.3, 0.4) is 0 Å². The predicted molar refractivity (Wildman–Crippen MR) is 74.8 cm³/mol. The van der Waals surface area contributed by atoms with E-state index in [1.807, 2.05) is 12.1 Å². The fourth-order valence-electron chi connectivity index (χ4n) is 1.82. The van der Waals surface area contributed by atoms with Crippen LogP contribution in [0.1, 0.15) is 12.0 Å². The summed E-state index contributed by atoms with van der Waals surface area (Å²) in [4.78, 5) is 27.3. The number of aromatic nitrogens is 1. The van der Waals surface area contributed by atoms with Crippen LogP contribution in [-0.4, -0.2) is 40.9 Å². The third kappa shape index (κ3) is 4.55. The molecule has 0 saturated carbocycles. The summed E-state index contributed by atoms with van der Waals surface area (Å²) in [5.74, 6) is 1.29. The van der Waals surface area contributed by atoms with Crippen LogP contribution in [0.25, 0.3) is 0 Å². The lowest BCUT2D eigenvalue weighted by molar-refractivity contribution is -0.128. The molecule has 2 heterocycles. The average Bonchev–Trinajstić information content (AvgIpc) is 2.64. The highest BCUT2D eigenvalue weighted by atomic mass is 32.2. The van der Waals surface area contributed by atoms with E-state index in [4.69, 9.17) is 0 Å². The average molecular weight is 279 g/mol. The molecule has 1 aliphatic rings. The highest BCUT2D eigenvalue weighted by molar-refractivity contribution is 7.99. The molecule has 2 rings (SSSR count). The number of pyridine rings is 1. The lowest BCUT2D eigenvalue weighted by atomic mass is 10.2. The highest BCUT2D eigenvalue weighted by Gasteiger charge is 2.22. The van der Waals surface area contributed by atoms with E-state index in [-0.39, 0.29) is 11.8 Å². The van der Waals surface area contributed by atoms with Crippen LogP contribution in [0.2, 0.25) is 0 Å². The number of thioether (sulfide) groups is 1. The van der Waals surface area contributed by atoms with Crippen molar-refractivity contribution in [2.75, 3.05) is 18.1 Å². The second kappa shape index (κ2) is 7.13. The summed E-state index contributed by atoms with van der Waals surface area (Å²) in [5, 5.41) is 5.61. The number of nitrogens with zero attached hydrogens (tertiary/aromatic N) is 1. The molecular formula is C13H17N3O2S. The van der Waals surface area contributed by atoms with Crippen LogP contribution < -0.4 is 10.6 Å². The van der Waals surface area contributed by atoms with Crippen molar-refractivity contribution >= 4 is 23.6 Å². The molecule has 1 fully saturated rings. The van der Waals surface area contributed by atoms with Gasteiger partial charge in [0.25, 0.3) is 0 Å². The zero-order valence-electron chi connectivity index (χ0n) is 10.6. The van der Waals surface area contributed by atoms with Gasteiger partial charge in [0.2, 0.25) is 11.8 Å². The highest BCUT2D eigenvalue weighted by Crippen LogP contribution is 2.09. The van der Waals surface area contributed by atoms with Crippen molar-refractivity contribution in [1.82, 2.24) is 15.6 Å². The normalized spacial score (nSPS) is 19.4. The lowest BCUT2D eigenvalue weighted by Crippen LogP contribution is -2.47. The van der Waals surface area contributed by atoms with Gasteiger partial charge in [-0.05, 0) is 24.1 Å². The Morgan fingerprint density at radius 3 is 3.05 bits per heavy atom. The molecule has 5 nitrogen and oxygen atoms in total. The van der Waals surface area contributed by atoms with Gasteiger partial charge in [0.15, 0.2) is 0 Å². The van der Waals surface area contributed by atoms with E-state index in [1.165, 1.54) is 0 Å². The Balaban J connectivity index is 1.76. The van der Waals surface area contributed by atoms with Crippen LogP contribution in [0, 0.1) is 0 Å². The zero-order valence-corrected chi connectivity index (χ0v) is 11.4. The molecule has 102 valence electrons. The molecule has 1 atom stereocenters. The number of hydrogen-bond acceptors (Lipinski definition) is 4. The van der Waals surface area contributed by atoms with Crippen molar-refractivity contribution < 1.29 is 9.59 Å². The predicted octanol–water partition coefficient (Wildman–Crippen LogP) is 0.362. The van der Waals surface area contributed by atoms with Crippen LogP contribution >= 0.6 is 11.8 Å². The van der Waals surface area contributed by atoms with Gasteiger partial charge in [0.1, 0.15) is 6.04 Å². The Kier molecular flexibility index (Phi) is 5.20. The van der Waals surface area contributed by atoms with Gasteiger partial charge in [-0.3, -0.25) is 14.6 Å². The van der Waals surface area contributed by atoms with E-state index in [9.17, 15) is 9.59 Å². The number of carbonyl (C=O) groups is 2. The fourth-order valence-corrected chi connectivity index (χ4v) is 2.78. The maximum Gasteiger partial charge on any atom is 0.243 e. The second-order valence-corrected chi connectivity index (χ2v) is 5.49. The Morgan fingerprint density at radius 2 is 2.26 bits per heavy atom. The minimum atomic E-state index is -0.405. The van der Waals surface area contributed by atoms with E-state index in [0.717, 1.165) is 17.7 Å². The van der Waals surface area contributed by atoms with Crippen molar-refractivity contribution in [3.05, 3.63) is 30.1 Å². The largest absolute Gasteiger partial charge is 0.354 e. The summed E-state index contributed by atoms with van der Waals surface area (Å²) in [6.07, 6.45) is 4.73. The van der Waals surface area contributed by atoms with Crippen LogP contribution in [0.15, 0.2) is 24.5 Å². The molecule has 0 bridgehead atoms. The topological polar surface area (TPSA) is 71.1 Å². The van der Waals surface area contributed by atoms with E-state index in [2.05, 4.69) is 15.6 Å². The quantitative estimate of drug-likeness (QED) is 0.835. The summed E-state index contributed by atoms with van der Waals surface area (Å²) in [6.45, 7) is 0.569. The second-order valence-electron chi connectivity index (χ2n) is 4.34. The molecular weight excluding hydrogens is 262 g/mol. The smallest absolute Gasteiger partial charge is 0.243 e. The van der Waals surface area contributed by atoms with Crippen molar-refractivity contribution in [3.8, 4) is 0 Å². The first-order chi connectivity index (χ1) is 9.25. The number of carbonyl (C=O) groups excluding carboxylic acids is 2. The Bertz CT molecular complexity index is 439. The van der Waals surface area contributed by atoms with Gasteiger partial charge < -0.3 is 10.6 Å². The van der Waals surface area contributed by atoms with Gasteiger partial charge in [-0.25, -0.2) is 0 Å². The molecule has 1 aliphatic heterocycles. The molecule has 0 radical (unpaired) electrons. The SMILES string of the molecule is O=C1CCSC[C@H](C(=O)NCCc2ccncc2)N1. The summed E-state index contributed by atoms with van der Waals surface area (Å²) in [5.41, 5.74) is 1.13. The zero-order chi connectivity index (χ0) is 13.5. The van der Waals surface area contributed by atoms with Gasteiger partial charge in [0, 0.05) is 36.9 Å². The molecule has 19 heavy (non-hydrogen) atoms. The minimum absolute atomic E-state index is 0.0423. The lowest BCUT2D eigenvalue weighted by Gasteiger charge is -2.15. The molecule has 2 amide bonds. The third-order valence-corrected chi connectivity index (χ3v) is 3.93. The van der Waals surface area contributed by atoms with E-state index >= 15 is 0 Å². The van der Waals surface area contributed by atoms with Gasteiger partial charge in [-0.2, -0.15) is 11.8 Å². The molecule has 0 aromatic carbocycles. The number of amides is 2. The third-order valence-electron chi connectivity index (χ3n) is 2.87. The van der Waals surface area contributed by atoms with Crippen molar-refractivity contribution in [3.63, 3.8) is 0 Å². The van der Waals surface area contributed by atoms with Gasteiger partial charge in [-0.1, -0.05) is 0 Å². The fraction of sp³-hybridized carbons (Fsp3) is 0.462. The van der Waals surface area contributed by atoms with Crippen LogP contribution in [0.5, 0.6) is 0 Å². The van der Waals surface area contributed by atoms with Gasteiger partial charge >= 0.3 is 0 Å². The molecule has 1 saturated heterocycles. The maximum atomic E-state index is 11.9. The Morgan fingerprint density at radius 1 is 1.47 bits per heavy atom. The standard InChI is InChI=1S/C13H17N3O2S/c17-12-4-8-19-9-11(16-12)13(18)15-7-3-10-1-5-14-6-2-10/h1-2,5-6,11H,3-4,7-9H2,(H,15,18)(H,16,17)/t11-/m1/s1. The maximum absolute atomic E-state index is 11.9.